The molecule has 0 saturated heterocycles. The van der Waals surface area contributed by atoms with Crippen LogP contribution in [0.15, 0.2) is 71.1 Å². The first kappa shape index (κ1) is 18.8. The molecule has 1 heterocycles. The third-order valence-electron chi connectivity index (χ3n) is 3.95. The highest BCUT2D eigenvalue weighted by molar-refractivity contribution is 6.14. The number of aliphatic hydroxyl groups is 1. The number of pyridine rings is 1. The van der Waals surface area contributed by atoms with E-state index in [1.54, 1.807) is 12.1 Å². The highest BCUT2D eigenvalue weighted by Crippen LogP contribution is 2.23. The number of nitrogens with one attached hydrogen (secondary N) is 2. The largest absolute Gasteiger partial charge is 0.425 e. The third-order valence-corrected chi connectivity index (χ3v) is 3.95. The highest BCUT2D eigenvalue weighted by Gasteiger charge is 2.26. The zero-order chi connectivity index (χ0) is 20.3. The van der Waals surface area contributed by atoms with Crippen molar-refractivity contribution < 1.29 is 24.7 Å². The summed E-state index contributed by atoms with van der Waals surface area (Å²) >= 11 is 0. The van der Waals surface area contributed by atoms with Gasteiger partial charge in [-0.15, -0.1) is 4.73 Å². The van der Waals surface area contributed by atoms with Gasteiger partial charge in [0.15, 0.2) is 5.78 Å². The molecule has 4 N–H and O–H groups in total. The van der Waals surface area contributed by atoms with Crippen molar-refractivity contribution in [3.63, 3.8) is 0 Å². The van der Waals surface area contributed by atoms with Crippen LogP contribution in [0.2, 0.25) is 0 Å². The van der Waals surface area contributed by atoms with Crippen molar-refractivity contribution in [3.05, 3.63) is 82.3 Å². The number of anilines is 2. The Morgan fingerprint density at radius 2 is 1.57 bits per heavy atom. The summed E-state index contributed by atoms with van der Waals surface area (Å²) in [6.45, 7) is 0. The molecule has 0 radical (unpaired) electrons. The standard InChI is InChI=1S/C19H15N3O6/c23-15-9-3-5-11(17(15)25)18(26)20-12-6-1-2-7-13(12)21-19(27)14-8-4-10-16(24)22(14)28/h1-10,17,25,28H,(H,20,26)(H,21,27). The predicted molar refractivity (Wildman–Crippen MR) is 99.1 cm³/mol. The molecular formula is C19H15N3O6. The van der Waals surface area contributed by atoms with Crippen molar-refractivity contribution in [1.29, 1.82) is 0 Å². The Labute approximate surface area is 158 Å². The summed E-state index contributed by atoms with van der Waals surface area (Å²) in [4.78, 5) is 47.8. The van der Waals surface area contributed by atoms with Crippen molar-refractivity contribution in [3.8, 4) is 0 Å². The first-order valence-electron chi connectivity index (χ1n) is 8.11. The molecule has 1 aromatic heterocycles. The molecule has 2 amide bonds. The molecule has 1 aromatic carbocycles. The van der Waals surface area contributed by atoms with Crippen LogP contribution in [-0.4, -0.2) is 38.7 Å². The molecule has 2 aromatic rings. The van der Waals surface area contributed by atoms with E-state index in [2.05, 4.69) is 10.6 Å². The van der Waals surface area contributed by atoms with Crippen molar-refractivity contribution >= 4 is 29.0 Å². The fourth-order valence-electron chi connectivity index (χ4n) is 2.52. The van der Waals surface area contributed by atoms with Gasteiger partial charge < -0.3 is 20.9 Å². The number of allylic oxidation sites excluding steroid dienone is 2. The Morgan fingerprint density at radius 1 is 0.929 bits per heavy atom. The summed E-state index contributed by atoms with van der Waals surface area (Å²) in [6.07, 6.45) is 2.26. The van der Waals surface area contributed by atoms with Crippen molar-refractivity contribution in [2.24, 2.45) is 0 Å². The Balaban J connectivity index is 1.83. The highest BCUT2D eigenvalue weighted by atomic mass is 16.5. The number of nitrogens with zero attached hydrogens (tertiary/aromatic N) is 1. The number of para-hydroxylation sites is 2. The number of ketones is 1. The molecule has 3 rings (SSSR count). The smallest absolute Gasteiger partial charge is 0.283 e. The molecule has 9 nitrogen and oxygen atoms in total. The summed E-state index contributed by atoms with van der Waals surface area (Å²) in [5.74, 6) is -2.11. The van der Waals surface area contributed by atoms with Crippen molar-refractivity contribution in [2.45, 2.75) is 6.10 Å². The molecule has 1 unspecified atom stereocenters. The lowest BCUT2D eigenvalue weighted by atomic mass is 10.00. The van der Waals surface area contributed by atoms with Gasteiger partial charge in [0.25, 0.3) is 17.4 Å². The third kappa shape index (κ3) is 3.74. The maximum absolute atomic E-state index is 12.4. The number of benzene rings is 1. The van der Waals surface area contributed by atoms with Crippen LogP contribution < -0.4 is 16.2 Å². The lowest BCUT2D eigenvalue weighted by Gasteiger charge is -2.17. The van der Waals surface area contributed by atoms with E-state index in [-0.39, 0.29) is 27.4 Å². The number of rotatable bonds is 4. The van der Waals surface area contributed by atoms with Crippen LogP contribution in [0.3, 0.4) is 0 Å². The van der Waals surface area contributed by atoms with E-state index in [4.69, 9.17) is 0 Å². The molecule has 0 spiro atoms. The molecule has 1 aliphatic carbocycles. The van der Waals surface area contributed by atoms with Gasteiger partial charge in [-0.2, -0.15) is 0 Å². The molecule has 28 heavy (non-hydrogen) atoms. The average Bonchev–Trinajstić information content (AvgIpc) is 2.67. The average molecular weight is 381 g/mol. The first-order valence-corrected chi connectivity index (χ1v) is 8.11. The zero-order valence-corrected chi connectivity index (χ0v) is 14.3. The topological polar surface area (TPSA) is 138 Å². The monoisotopic (exact) mass is 381 g/mol. The van der Waals surface area contributed by atoms with Gasteiger partial charge in [-0.05, 0) is 24.3 Å². The summed E-state index contributed by atoms with van der Waals surface area (Å²) in [7, 11) is 0. The normalized spacial score (nSPS) is 15.7. The van der Waals surface area contributed by atoms with E-state index in [1.807, 2.05) is 0 Å². The number of aliphatic hydroxyl groups excluding tert-OH is 1. The van der Waals surface area contributed by atoms with Crippen molar-refractivity contribution in [1.82, 2.24) is 4.73 Å². The van der Waals surface area contributed by atoms with Gasteiger partial charge in [0, 0.05) is 6.07 Å². The van der Waals surface area contributed by atoms with E-state index in [9.17, 15) is 29.5 Å². The molecule has 1 aliphatic rings. The van der Waals surface area contributed by atoms with Crippen LogP contribution in [0.5, 0.6) is 0 Å². The second kappa shape index (κ2) is 7.72. The number of amides is 2. The minimum atomic E-state index is -1.57. The number of carbonyl (C=O) groups excluding carboxylic acids is 3. The molecule has 0 bridgehead atoms. The van der Waals surface area contributed by atoms with Crippen LogP contribution in [0.1, 0.15) is 10.5 Å². The molecular weight excluding hydrogens is 366 g/mol. The molecule has 0 fully saturated rings. The van der Waals surface area contributed by atoms with Gasteiger partial charge in [0.05, 0.1) is 16.9 Å². The van der Waals surface area contributed by atoms with Gasteiger partial charge in [0.2, 0.25) is 0 Å². The molecule has 9 heteroatoms. The number of hydrogen-bond donors (Lipinski definition) is 4. The predicted octanol–water partition coefficient (Wildman–Crippen LogP) is 0.703. The van der Waals surface area contributed by atoms with Gasteiger partial charge in [-0.3, -0.25) is 19.2 Å². The van der Waals surface area contributed by atoms with Gasteiger partial charge >= 0.3 is 0 Å². The van der Waals surface area contributed by atoms with E-state index in [0.29, 0.717) is 0 Å². The van der Waals surface area contributed by atoms with Crippen LogP contribution in [-0.2, 0) is 9.59 Å². The fourth-order valence-corrected chi connectivity index (χ4v) is 2.52. The summed E-state index contributed by atoms with van der Waals surface area (Å²) < 4.78 is 0.206. The maximum Gasteiger partial charge on any atom is 0.283 e. The summed E-state index contributed by atoms with van der Waals surface area (Å²) in [6, 6.07) is 9.85. The first-order chi connectivity index (χ1) is 13.4. The zero-order valence-electron chi connectivity index (χ0n) is 14.3. The second-order valence-corrected chi connectivity index (χ2v) is 5.80. The fraction of sp³-hybridized carbons (Fsp3) is 0.0526. The Bertz CT molecular complexity index is 1080. The molecule has 1 atom stereocenters. The van der Waals surface area contributed by atoms with Crippen LogP contribution in [0, 0.1) is 0 Å². The molecule has 142 valence electrons. The number of hydrogen-bond acceptors (Lipinski definition) is 6. The Morgan fingerprint density at radius 3 is 2.25 bits per heavy atom. The molecule has 0 saturated carbocycles. The maximum atomic E-state index is 12.4. The van der Waals surface area contributed by atoms with Crippen molar-refractivity contribution in [2.75, 3.05) is 10.6 Å². The van der Waals surface area contributed by atoms with E-state index >= 15 is 0 Å². The summed E-state index contributed by atoms with van der Waals surface area (Å²) in [5.41, 5.74) is -0.829. The van der Waals surface area contributed by atoms with Gasteiger partial charge in [-0.1, -0.05) is 30.4 Å². The van der Waals surface area contributed by atoms with Crippen LogP contribution in [0.4, 0.5) is 11.4 Å². The summed E-state index contributed by atoms with van der Waals surface area (Å²) in [5, 5.41) is 24.5. The minimum Gasteiger partial charge on any atom is -0.425 e. The lowest BCUT2D eigenvalue weighted by Crippen LogP contribution is -2.31. The SMILES string of the molecule is O=C(Nc1ccccc1NC(=O)c1cccc(=O)n1O)C1=CC=CC(=O)C1O. The quantitative estimate of drug-likeness (QED) is 0.575. The Hall–Kier alpha value is -3.98. The van der Waals surface area contributed by atoms with Gasteiger partial charge in [-0.25, -0.2) is 0 Å². The number of carbonyl (C=O) groups is 3. The van der Waals surface area contributed by atoms with E-state index in [0.717, 1.165) is 12.1 Å². The van der Waals surface area contributed by atoms with Crippen LogP contribution in [0.25, 0.3) is 0 Å². The van der Waals surface area contributed by atoms with E-state index in [1.165, 1.54) is 36.4 Å². The minimum absolute atomic E-state index is 0.138. The van der Waals surface area contributed by atoms with Crippen LogP contribution >= 0.6 is 0 Å². The second-order valence-electron chi connectivity index (χ2n) is 5.80. The number of aromatic nitrogens is 1. The van der Waals surface area contributed by atoms with Gasteiger partial charge in [0.1, 0.15) is 11.8 Å². The molecule has 0 aliphatic heterocycles. The lowest BCUT2D eigenvalue weighted by molar-refractivity contribution is -0.123. The van der Waals surface area contributed by atoms with E-state index < -0.39 is 29.3 Å². The Kier molecular flexibility index (Phi) is 5.18.